The molecule has 156 valence electrons. The fourth-order valence-electron chi connectivity index (χ4n) is 3.29. The van der Waals surface area contributed by atoms with Crippen molar-refractivity contribution in [1.29, 1.82) is 0 Å². The average molecular weight is 440 g/mol. The number of anilines is 1. The van der Waals surface area contributed by atoms with Crippen molar-refractivity contribution in [3.05, 3.63) is 60.2 Å². The Morgan fingerprint density at radius 2 is 1.55 bits per heavy atom. The molecule has 1 aliphatic heterocycles. The zero-order chi connectivity index (χ0) is 20.2. The molecule has 0 radical (unpaired) electrons. The summed E-state index contributed by atoms with van der Waals surface area (Å²) in [7, 11) is -4.06. The van der Waals surface area contributed by atoms with Gasteiger partial charge in [-0.2, -0.15) is 0 Å². The van der Waals surface area contributed by atoms with Gasteiger partial charge in [0.15, 0.2) is 14.6 Å². The molecule has 2 aromatic rings. The largest absolute Gasteiger partial charge is 0.322 e. The van der Waals surface area contributed by atoms with E-state index in [0.717, 1.165) is 0 Å². The zero-order valence-corrected chi connectivity index (χ0v) is 17.1. The molecule has 0 saturated carbocycles. The van der Waals surface area contributed by atoms with Crippen molar-refractivity contribution in [1.82, 2.24) is 10.8 Å². The summed E-state index contributed by atoms with van der Waals surface area (Å²) in [6.45, 7) is 0.690. The fraction of sp³-hybridized carbons (Fsp3) is 0.263. The van der Waals surface area contributed by atoms with Gasteiger partial charge in [0.2, 0.25) is 0 Å². The summed E-state index contributed by atoms with van der Waals surface area (Å²) >= 11 is 0. The van der Waals surface area contributed by atoms with Gasteiger partial charge in [0.05, 0.1) is 4.90 Å². The summed E-state index contributed by atoms with van der Waals surface area (Å²) in [5, 5.41) is 14.8. The first-order chi connectivity index (χ1) is 13.4. The van der Waals surface area contributed by atoms with Gasteiger partial charge in [0, 0.05) is 11.3 Å². The van der Waals surface area contributed by atoms with Crippen molar-refractivity contribution >= 4 is 39.7 Å². The first-order valence-electron chi connectivity index (χ1n) is 8.77. The maximum Gasteiger partial charge on any atom is 0.265 e. The molecule has 29 heavy (non-hydrogen) atoms. The Labute approximate surface area is 175 Å². The maximum absolute atomic E-state index is 13.2. The lowest BCUT2D eigenvalue weighted by molar-refractivity contribution is -0.132. The van der Waals surface area contributed by atoms with Crippen molar-refractivity contribution < 1.29 is 23.2 Å². The lowest BCUT2D eigenvalue weighted by atomic mass is 9.96. The van der Waals surface area contributed by atoms with Crippen molar-refractivity contribution in [3.8, 4) is 0 Å². The molecule has 0 bridgehead atoms. The minimum absolute atomic E-state index is 0. The second kappa shape index (κ2) is 9.36. The SMILES string of the molecule is Cl.O=C(Nc1ccc(S(=O)(=O)C2(C(=O)NO)CCNCC2)cc1)c1ccccc1. The molecule has 1 aliphatic rings. The van der Waals surface area contributed by atoms with Crippen LogP contribution in [0.5, 0.6) is 0 Å². The van der Waals surface area contributed by atoms with Gasteiger partial charge in [-0.3, -0.25) is 14.8 Å². The Kier molecular flexibility index (Phi) is 7.37. The number of sulfone groups is 1. The molecule has 0 aliphatic carbocycles. The van der Waals surface area contributed by atoms with E-state index in [1.54, 1.807) is 30.3 Å². The quantitative estimate of drug-likeness (QED) is 0.415. The number of halogens is 1. The average Bonchev–Trinajstić information content (AvgIpc) is 2.74. The summed E-state index contributed by atoms with van der Waals surface area (Å²) in [5.41, 5.74) is 2.41. The molecule has 10 heteroatoms. The minimum atomic E-state index is -4.06. The number of rotatable bonds is 5. The molecule has 1 fully saturated rings. The molecule has 1 saturated heterocycles. The number of benzene rings is 2. The van der Waals surface area contributed by atoms with Crippen molar-refractivity contribution in [2.45, 2.75) is 22.5 Å². The van der Waals surface area contributed by atoms with Crippen LogP contribution < -0.4 is 16.1 Å². The van der Waals surface area contributed by atoms with Gasteiger partial charge in [-0.05, 0) is 62.3 Å². The first-order valence-corrected chi connectivity index (χ1v) is 10.3. The molecule has 3 rings (SSSR count). The van der Waals surface area contributed by atoms with Gasteiger partial charge in [0.25, 0.3) is 11.8 Å². The molecule has 0 unspecified atom stereocenters. The lowest BCUT2D eigenvalue weighted by Gasteiger charge is -2.34. The van der Waals surface area contributed by atoms with Crippen LogP contribution in [-0.4, -0.2) is 43.3 Å². The van der Waals surface area contributed by atoms with E-state index in [9.17, 15) is 18.0 Å². The van der Waals surface area contributed by atoms with Crippen LogP contribution in [0.25, 0.3) is 0 Å². The van der Waals surface area contributed by atoms with Gasteiger partial charge < -0.3 is 10.6 Å². The van der Waals surface area contributed by atoms with Crippen LogP contribution in [-0.2, 0) is 14.6 Å². The lowest BCUT2D eigenvalue weighted by Crippen LogP contribution is -2.57. The number of hydrogen-bond acceptors (Lipinski definition) is 6. The van der Waals surface area contributed by atoms with Crippen LogP contribution in [0.4, 0.5) is 5.69 Å². The maximum atomic E-state index is 13.2. The summed E-state index contributed by atoms with van der Waals surface area (Å²) in [4.78, 5) is 24.4. The van der Waals surface area contributed by atoms with Crippen LogP contribution in [0.2, 0.25) is 0 Å². The van der Waals surface area contributed by atoms with E-state index in [0.29, 0.717) is 24.3 Å². The van der Waals surface area contributed by atoms with E-state index in [1.165, 1.54) is 29.7 Å². The highest BCUT2D eigenvalue weighted by molar-refractivity contribution is 7.93. The molecule has 8 nitrogen and oxygen atoms in total. The summed E-state index contributed by atoms with van der Waals surface area (Å²) in [5.74, 6) is -1.25. The van der Waals surface area contributed by atoms with E-state index in [1.807, 2.05) is 0 Å². The number of nitrogens with one attached hydrogen (secondary N) is 3. The zero-order valence-electron chi connectivity index (χ0n) is 15.4. The summed E-state index contributed by atoms with van der Waals surface area (Å²) < 4.78 is 24.6. The Bertz CT molecular complexity index is 959. The monoisotopic (exact) mass is 439 g/mol. The van der Waals surface area contributed by atoms with E-state index in [2.05, 4.69) is 10.6 Å². The van der Waals surface area contributed by atoms with Gasteiger partial charge in [-0.15, -0.1) is 12.4 Å². The standard InChI is InChI=1S/C19H21N3O5S.ClH/c23-17(14-4-2-1-3-5-14)21-15-6-8-16(9-7-15)28(26,27)19(18(24)22-25)10-12-20-13-11-19;/h1-9,20,25H,10-13H2,(H,21,23)(H,22,24);1H. The fourth-order valence-corrected chi connectivity index (χ4v) is 5.26. The van der Waals surface area contributed by atoms with Gasteiger partial charge in [0.1, 0.15) is 0 Å². The van der Waals surface area contributed by atoms with E-state index < -0.39 is 20.5 Å². The third-order valence-corrected chi connectivity index (χ3v) is 7.41. The Balaban J connectivity index is 0.00000300. The van der Waals surface area contributed by atoms with Crippen molar-refractivity contribution in [2.24, 2.45) is 0 Å². The normalized spacial score (nSPS) is 15.6. The molecule has 0 atom stereocenters. The number of piperidine rings is 1. The molecule has 0 spiro atoms. The van der Waals surface area contributed by atoms with Gasteiger partial charge in [-0.25, -0.2) is 13.9 Å². The smallest absolute Gasteiger partial charge is 0.265 e. The molecule has 2 amide bonds. The molecular formula is C19H22ClN3O5S. The van der Waals surface area contributed by atoms with Crippen LogP contribution >= 0.6 is 12.4 Å². The van der Waals surface area contributed by atoms with Crippen LogP contribution in [0, 0.1) is 0 Å². The molecular weight excluding hydrogens is 418 g/mol. The number of carbonyl (C=O) groups excluding carboxylic acids is 2. The van der Waals surface area contributed by atoms with Gasteiger partial charge >= 0.3 is 0 Å². The number of hydrogen-bond donors (Lipinski definition) is 4. The molecule has 1 heterocycles. The minimum Gasteiger partial charge on any atom is -0.322 e. The molecule has 2 aromatic carbocycles. The number of amides is 2. The highest BCUT2D eigenvalue weighted by Crippen LogP contribution is 2.34. The number of hydroxylamine groups is 1. The molecule has 4 N–H and O–H groups in total. The first kappa shape index (κ1) is 22.8. The van der Waals surface area contributed by atoms with E-state index in [4.69, 9.17) is 5.21 Å². The van der Waals surface area contributed by atoms with Crippen LogP contribution in [0.1, 0.15) is 23.2 Å². The van der Waals surface area contributed by atoms with Crippen molar-refractivity contribution in [3.63, 3.8) is 0 Å². The second-order valence-electron chi connectivity index (χ2n) is 6.53. The Morgan fingerprint density at radius 1 is 0.966 bits per heavy atom. The van der Waals surface area contributed by atoms with E-state index >= 15 is 0 Å². The van der Waals surface area contributed by atoms with Gasteiger partial charge in [-0.1, -0.05) is 18.2 Å². The third-order valence-electron chi connectivity index (χ3n) is 4.90. The highest BCUT2D eigenvalue weighted by atomic mass is 35.5. The van der Waals surface area contributed by atoms with Crippen LogP contribution in [0.3, 0.4) is 0 Å². The second-order valence-corrected chi connectivity index (χ2v) is 8.79. The molecule has 0 aromatic heterocycles. The van der Waals surface area contributed by atoms with Crippen LogP contribution in [0.15, 0.2) is 59.5 Å². The predicted molar refractivity (Wildman–Crippen MR) is 110 cm³/mol. The third kappa shape index (κ3) is 4.43. The number of carbonyl (C=O) groups is 2. The Hall–Kier alpha value is -2.46. The summed E-state index contributed by atoms with van der Waals surface area (Å²) in [6.07, 6.45) is 0.0996. The summed E-state index contributed by atoms with van der Waals surface area (Å²) in [6, 6.07) is 14.3. The Morgan fingerprint density at radius 3 is 2.10 bits per heavy atom. The van der Waals surface area contributed by atoms with E-state index in [-0.39, 0.29) is 36.1 Å². The predicted octanol–water partition coefficient (Wildman–Crippen LogP) is 1.76. The topological polar surface area (TPSA) is 125 Å². The van der Waals surface area contributed by atoms with Crippen molar-refractivity contribution in [2.75, 3.05) is 18.4 Å². The highest BCUT2D eigenvalue weighted by Gasteiger charge is 2.51.